The molecule has 2 atom stereocenters. The van der Waals surface area contributed by atoms with Gasteiger partial charge in [-0.05, 0) is 37.3 Å². The quantitative estimate of drug-likeness (QED) is 0.820. The van der Waals surface area contributed by atoms with Crippen LogP contribution in [0, 0.1) is 29.0 Å². The van der Waals surface area contributed by atoms with E-state index >= 15 is 0 Å². The Morgan fingerprint density at radius 3 is 2.80 bits per heavy atom. The van der Waals surface area contributed by atoms with Gasteiger partial charge >= 0.3 is 0 Å². The van der Waals surface area contributed by atoms with E-state index in [9.17, 15) is 4.39 Å². The molecule has 0 radical (unpaired) electrons. The smallest absolute Gasteiger partial charge is 0.145 e. The van der Waals surface area contributed by atoms with Gasteiger partial charge in [0, 0.05) is 18.7 Å². The summed E-state index contributed by atoms with van der Waals surface area (Å²) in [6.45, 7) is 2.81. The van der Waals surface area contributed by atoms with Crippen molar-refractivity contribution >= 4 is 0 Å². The van der Waals surface area contributed by atoms with Gasteiger partial charge in [-0.15, -0.1) is 0 Å². The minimum absolute atomic E-state index is 0.162. The number of piperidine rings is 1. The average Bonchev–Trinajstić information content (AvgIpc) is 2.49. The summed E-state index contributed by atoms with van der Waals surface area (Å²) in [4.78, 5) is 2.37. The van der Waals surface area contributed by atoms with Crippen molar-refractivity contribution in [2.75, 3.05) is 13.1 Å². The lowest BCUT2D eigenvalue weighted by Crippen LogP contribution is -2.41. The van der Waals surface area contributed by atoms with Gasteiger partial charge in [0.15, 0.2) is 0 Å². The van der Waals surface area contributed by atoms with Crippen LogP contribution in [-0.4, -0.2) is 18.0 Å². The van der Waals surface area contributed by atoms with Crippen LogP contribution in [0.2, 0.25) is 0 Å². The third-order valence-electron chi connectivity index (χ3n) is 4.97. The Bertz CT molecular complexity index is 520. The zero-order chi connectivity index (χ0) is 13.9. The number of halogens is 1. The molecule has 106 valence electrons. The van der Waals surface area contributed by atoms with Crippen LogP contribution in [0.4, 0.5) is 4.39 Å². The largest absolute Gasteiger partial charge is 0.299 e. The highest BCUT2D eigenvalue weighted by Gasteiger charge is 2.31. The fourth-order valence-corrected chi connectivity index (χ4v) is 3.85. The maximum Gasteiger partial charge on any atom is 0.145 e. The Hall–Kier alpha value is -1.40. The number of nitrogens with zero attached hydrogens (tertiary/aromatic N) is 2. The third-order valence-corrected chi connectivity index (χ3v) is 4.97. The third kappa shape index (κ3) is 2.71. The van der Waals surface area contributed by atoms with E-state index in [0.29, 0.717) is 12.1 Å². The van der Waals surface area contributed by atoms with Crippen molar-refractivity contribution in [3.63, 3.8) is 0 Å². The van der Waals surface area contributed by atoms with Gasteiger partial charge in [0.25, 0.3) is 0 Å². The zero-order valence-corrected chi connectivity index (χ0v) is 11.8. The number of rotatable bonds is 2. The molecule has 20 heavy (non-hydrogen) atoms. The molecule has 2 unspecified atom stereocenters. The van der Waals surface area contributed by atoms with Crippen molar-refractivity contribution in [1.82, 2.24) is 4.90 Å². The van der Waals surface area contributed by atoms with Gasteiger partial charge in [-0.1, -0.05) is 31.4 Å². The van der Waals surface area contributed by atoms with E-state index in [1.165, 1.54) is 32.1 Å². The molecule has 1 aromatic carbocycles. The minimum Gasteiger partial charge on any atom is -0.299 e. The molecule has 1 saturated heterocycles. The summed E-state index contributed by atoms with van der Waals surface area (Å²) in [6.07, 6.45) is 6.72. The molecule has 1 saturated carbocycles. The lowest BCUT2D eigenvalue weighted by Gasteiger charge is -2.41. The molecular formula is C17H21FN2. The van der Waals surface area contributed by atoms with Crippen molar-refractivity contribution in [3.8, 4) is 6.07 Å². The number of likely N-dealkylation sites (tertiary alicyclic amines) is 1. The molecule has 3 heteroatoms. The Balaban J connectivity index is 1.68. The molecule has 1 aliphatic heterocycles. The van der Waals surface area contributed by atoms with Crippen molar-refractivity contribution in [2.45, 2.75) is 38.6 Å². The predicted molar refractivity (Wildman–Crippen MR) is 76.5 cm³/mol. The maximum atomic E-state index is 14.1. The Kier molecular flexibility index (Phi) is 4.03. The molecule has 0 aromatic heterocycles. The highest BCUT2D eigenvalue weighted by molar-refractivity contribution is 5.34. The molecule has 0 bridgehead atoms. The van der Waals surface area contributed by atoms with Gasteiger partial charge in [0.05, 0.1) is 5.56 Å². The zero-order valence-electron chi connectivity index (χ0n) is 11.8. The van der Waals surface area contributed by atoms with E-state index in [0.717, 1.165) is 24.9 Å². The first-order valence-corrected chi connectivity index (χ1v) is 7.68. The fourth-order valence-electron chi connectivity index (χ4n) is 3.85. The second-order valence-electron chi connectivity index (χ2n) is 6.22. The van der Waals surface area contributed by atoms with Gasteiger partial charge < -0.3 is 0 Å². The van der Waals surface area contributed by atoms with E-state index < -0.39 is 0 Å². The van der Waals surface area contributed by atoms with Crippen LogP contribution in [-0.2, 0) is 6.54 Å². The highest BCUT2D eigenvalue weighted by atomic mass is 19.1. The second-order valence-corrected chi connectivity index (χ2v) is 6.22. The van der Waals surface area contributed by atoms with Crippen LogP contribution in [0.15, 0.2) is 18.2 Å². The summed E-state index contributed by atoms with van der Waals surface area (Å²) in [5.74, 6) is 1.37. The summed E-state index contributed by atoms with van der Waals surface area (Å²) in [5, 5.41) is 8.90. The maximum absolute atomic E-state index is 14.1. The van der Waals surface area contributed by atoms with Crippen LogP contribution >= 0.6 is 0 Å². The molecule has 0 N–H and O–H groups in total. The van der Waals surface area contributed by atoms with Crippen LogP contribution in [0.5, 0.6) is 0 Å². The Morgan fingerprint density at radius 1 is 1.20 bits per heavy atom. The lowest BCUT2D eigenvalue weighted by molar-refractivity contribution is 0.0813. The number of benzene rings is 1. The Labute approximate surface area is 120 Å². The molecule has 1 aliphatic carbocycles. The topological polar surface area (TPSA) is 27.0 Å². The lowest BCUT2D eigenvalue weighted by atomic mass is 9.75. The van der Waals surface area contributed by atoms with E-state index in [1.54, 1.807) is 12.1 Å². The number of fused-ring (bicyclic) bond motifs is 1. The number of hydrogen-bond acceptors (Lipinski definition) is 2. The molecule has 2 aliphatic rings. The van der Waals surface area contributed by atoms with E-state index in [4.69, 9.17) is 5.26 Å². The van der Waals surface area contributed by atoms with Gasteiger partial charge in [-0.25, -0.2) is 4.39 Å². The van der Waals surface area contributed by atoms with Crippen LogP contribution in [0.3, 0.4) is 0 Å². The van der Waals surface area contributed by atoms with Crippen LogP contribution < -0.4 is 0 Å². The normalized spacial score (nSPS) is 26.8. The number of nitriles is 1. The highest BCUT2D eigenvalue weighted by Crippen LogP contribution is 2.36. The van der Waals surface area contributed by atoms with Gasteiger partial charge in [-0.2, -0.15) is 5.26 Å². The molecule has 2 fully saturated rings. The Morgan fingerprint density at radius 2 is 2.00 bits per heavy atom. The summed E-state index contributed by atoms with van der Waals surface area (Å²) in [5.41, 5.74) is 0.827. The predicted octanol–water partition coefficient (Wildman–Crippen LogP) is 3.71. The number of hydrogen-bond donors (Lipinski definition) is 0. The van der Waals surface area contributed by atoms with Crippen molar-refractivity contribution < 1.29 is 4.39 Å². The van der Waals surface area contributed by atoms with E-state index in [1.807, 2.05) is 12.1 Å². The fraction of sp³-hybridized carbons (Fsp3) is 0.588. The van der Waals surface area contributed by atoms with Crippen molar-refractivity contribution in [2.24, 2.45) is 11.8 Å². The molecule has 0 amide bonds. The summed E-state index contributed by atoms with van der Waals surface area (Å²) >= 11 is 0. The van der Waals surface area contributed by atoms with Crippen molar-refractivity contribution in [3.05, 3.63) is 35.1 Å². The molecule has 2 nitrogen and oxygen atoms in total. The first-order chi connectivity index (χ1) is 9.78. The van der Waals surface area contributed by atoms with Crippen LogP contribution in [0.1, 0.15) is 43.2 Å². The van der Waals surface area contributed by atoms with Crippen molar-refractivity contribution in [1.29, 1.82) is 5.26 Å². The first kappa shape index (κ1) is 13.6. The average molecular weight is 272 g/mol. The van der Waals surface area contributed by atoms with E-state index in [2.05, 4.69) is 4.90 Å². The van der Waals surface area contributed by atoms with Crippen LogP contribution in [0.25, 0.3) is 0 Å². The summed E-state index contributed by atoms with van der Waals surface area (Å²) < 4.78 is 14.1. The first-order valence-electron chi connectivity index (χ1n) is 7.68. The monoisotopic (exact) mass is 272 g/mol. The molecule has 1 aromatic rings. The summed E-state index contributed by atoms with van der Waals surface area (Å²) in [6, 6.07) is 7.06. The molecular weight excluding hydrogens is 251 g/mol. The minimum atomic E-state index is -0.333. The van der Waals surface area contributed by atoms with E-state index in [-0.39, 0.29) is 11.4 Å². The van der Waals surface area contributed by atoms with Gasteiger partial charge in [0.2, 0.25) is 0 Å². The second kappa shape index (κ2) is 5.93. The standard InChI is InChI=1S/C17H21FN2/c18-17-14(10-19)6-3-7-16(17)12-20-9-8-13-4-1-2-5-15(13)11-20/h3,6-7,13,15H,1-2,4-5,8-9,11-12H2. The molecule has 3 rings (SSSR count). The molecule has 1 heterocycles. The summed E-state index contributed by atoms with van der Waals surface area (Å²) in [7, 11) is 0. The SMILES string of the molecule is N#Cc1cccc(CN2CCC3CCCCC3C2)c1F. The molecule has 0 spiro atoms. The van der Waals surface area contributed by atoms with Gasteiger partial charge in [-0.3, -0.25) is 4.90 Å². The van der Waals surface area contributed by atoms with Gasteiger partial charge in [0.1, 0.15) is 11.9 Å².